The number of hydrogen-bond donors (Lipinski definition) is 3. The van der Waals surface area contributed by atoms with Gasteiger partial charge in [0.05, 0.1) is 12.0 Å². The summed E-state index contributed by atoms with van der Waals surface area (Å²) in [4.78, 5) is 15.9. The van der Waals surface area contributed by atoms with E-state index in [-0.39, 0.29) is 17.9 Å². The van der Waals surface area contributed by atoms with Crippen molar-refractivity contribution in [2.75, 3.05) is 13.1 Å². The second-order valence-electron chi connectivity index (χ2n) is 4.14. The van der Waals surface area contributed by atoms with Crippen molar-refractivity contribution >= 4 is 5.91 Å². The Balaban J connectivity index is 1.86. The summed E-state index contributed by atoms with van der Waals surface area (Å²) in [7, 11) is 0. The summed E-state index contributed by atoms with van der Waals surface area (Å²) >= 11 is 0. The monoisotopic (exact) mass is 223 g/mol. The topological polar surface area (TPSA) is 82.7 Å². The molecule has 6 heteroatoms. The predicted molar refractivity (Wildman–Crippen MR) is 58.5 cm³/mol. The minimum Gasteiger partial charge on any atom is -0.346 e. The van der Waals surface area contributed by atoms with Crippen LogP contribution in [0, 0.1) is 5.92 Å². The lowest BCUT2D eigenvalue weighted by Crippen LogP contribution is -2.41. The van der Waals surface area contributed by atoms with Crippen LogP contribution in [0.4, 0.5) is 0 Å². The SMILES string of the molecule is CC(NC(=O)[C@@H]1CCCNC1)c1ncn[nH]1. The first-order valence-electron chi connectivity index (χ1n) is 5.63. The lowest BCUT2D eigenvalue weighted by Gasteiger charge is -2.23. The van der Waals surface area contributed by atoms with Crippen LogP contribution < -0.4 is 10.6 Å². The van der Waals surface area contributed by atoms with Crippen molar-refractivity contribution in [2.45, 2.75) is 25.8 Å². The minimum atomic E-state index is -0.114. The van der Waals surface area contributed by atoms with Crippen molar-refractivity contribution in [2.24, 2.45) is 5.92 Å². The molecule has 1 aromatic rings. The molecule has 1 amide bonds. The number of amides is 1. The zero-order valence-corrected chi connectivity index (χ0v) is 9.36. The molecule has 88 valence electrons. The number of carbonyl (C=O) groups excluding carboxylic acids is 1. The van der Waals surface area contributed by atoms with E-state index < -0.39 is 0 Å². The molecule has 1 aliphatic rings. The number of hydrogen-bond acceptors (Lipinski definition) is 4. The summed E-state index contributed by atoms with van der Waals surface area (Å²) in [6.45, 7) is 3.69. The number of carbonyl (C=O) groups is 1. The zero-order chi connectivity index (χ0) is 11.4. The Kier molecular flexibility index (Phi) is 3.51. The first kappa shape index (κ1) is 11.1. The predicted octanol–water partition coefficient (Wildman–Crippen LogP) is -0.0185. The third-order valence-corrected chi connectivity index (χ3v) is 2.87. The van der Waals surface area contributed by atoms with Crippen LogP contribution in [0.25, 0.3) is 0 Å². The molecule has 0 spiro atoms. The Morgan fingerprint density at radius 2 is 2.56 bits per heavy atom. The van der Waals surface area contributed by atoms with Crippen molar-refractivity contribution in [3.63, 3.8) is 0 Å². The molecule has 1 unspecified atom stereocenters. The quantitative estimate of drug-likeness (QED) is 0.672. The van der Waals surface area contributed by atoms with Crippen molar-refractivity contribution in [3.05, 3.63) is 12.2 Å². The number of rotatable bonds is 3. The first-order valence-corrected chi connectivity index (χ1v) is 5.63. The highest BCUT2D eigenvalue weighted by Gasteiger charge is 2.22. The van der Waals surface area contributed by atoms with Crippen molar-refractivity contribution in [1.82, 2.24) is 25.8 Å². The van der Waals surface area contributed by atoms with E-state index in [9.17, 15) is 4.79 Å². The van der Waals surface area contributed by atoms with Crippen LogP contribution in [0.3, 0.4) is 0 Å². The standard InChI is InChI=1S/C10H17N5O/c1-7(9-12-6-13-15-9)14-10(16)8-3-2-4-11-5-8/h6-8,11H,2-5H2,1H3,(H,14,16)(H,12,13,15)/t7?,8-/m1/s1. The van der Waals surface area contributed by atoms with Gasteiger partial charge in [0.25, 0.3) is 0 Å². The average Bonchev–Trinajstić information content (AvgIpc) is 2.83. The molecule has 0 bridgehead atoms. The number of piperidine rings is 1. The lowest BCUT2D eigenvalue weighted by molar-refractivity contribution is -0.126. The lowest BCUT2D eigenvalue weighted by atomic mass is 9.98. The molecule has 1 aromatic heterocycles. The maximum atomic E-state index is 11.9. The molecule has 6 nitrogen and oxygen atoms in total. The Labute approximate surface area is 94.2 Å². The molecular formula is C10H17N5O. The van der Waals surface area contributed by atoms with Gasteiger partial charge in [-0.2, -0.15) is 5.10 Å². The molecule has 0 aromatic carbocycles. The molecule has 0 saturated carbocycles. The van der Waals surface area contributed by atoms with Gasteiger partial charge < -0.3 is 10.6 Å². The Morgan fingerprint density at radius 3 is 3.19 bits per heavy atom. The van der Waals surface area contributed by atoms with Gasteiger partial charge in [0.15, 0.2) is 0 Å². The zero-order valence-electron chi connectivity index (χ0n) is 9.36. The summed E-state index contributed by atoms with van der Waals surface area (Å²) in [6, 6.07) is -0.114. The van der Waals surface area contributed by atoms with Crippen LogP contribution >= 0.6 is 0 Å². The van der Waals surface area contributed by atoms with E-state index in [2.05, 4.69) is 25.8 Å². The summed E-state index contributed by atoms with van der Waals surface area (Å²) < 4.78 is 0. The number of aromatic nitrogens is 3. The molecule has 16 heavy (non-hydrogen) atoms. The molecule has 3 N–H and O–H groups in total. The fourth-order valence-electron chi connectivity index (χ4n) is 1.90. The van der Waals surface area contributed by atoms with Crippen LogP contribution in [-0.2, 0) is 4.79 Å². The Hall–Kier alpha value is -1.43. The maximum Gasteiger partial charge on any atom is 0.224 e. The van der Waals surface area contributed by atoms with E-state index in [1.807, 2.05) is 6.92 Å². The molecule has 2 rings (SSSR count). The summed E-state index contributed by atoms with van der Waals surface area (Å²) in [5, 5.41) is 12.7. The van der Waals surface area contributed by atoms with Gasteiger partial charge in [-0.1, -0.05) is 0 Å². The summed E-state index contributed by atoms with van der Waals surface area (Å²) in [5.41, 5.74) is 0. The largest absolute Gasteiger partial charge is 0.346 e. The highest BCUT2D eigenvalue weighted by molar-refractivity contribution is 5.79. The van der Waals surface area contributed by atoms with Gasteiger partial charge in [0.2, 0.25) is 5.91 Å². The van der Waals surface area contributed by atoms with Crippen molar-refractivity contribution < 1.29 is 4.79 Å². The van der Waals surface area contributed by atoms with Gasteiger partial charge >= 0.3 is 0 Å². The molecule has 2 heterocycles. The van der Waals surface area contributed by atoms with E-state index in [1.54, 1.807) is 0 Å². The molecule has 1 fully saturated rings. The van der Waals surface area contributed by atoms with Crippen LogP contribution in [0.2, 0.25) is 0 Å². The highest BCUT2D eigenvalue weighted by atomic mass is 16.2. The number of H-pyrrole nitrogens is 1. The van der Waals surface area contributed by atoms with Crippen LogP contribution in [0.15, 0.2) is 6.33 Å². The molecule has 2 atom stereocenters. The number of nitrogens with one attached hydrogen (secondary N) is 3. The summed E-state index contributed by atoms with van der Waals surface area (Å²) in [5.74, 6) is 0.868. The van der Waals surface area contributed by atoms with Gasteiger partial charge in [-0.3, -0.25) is 9.89 Å². The van der Waals surface area contributed by atoms with Crippen LogP contribution in [-0.4, -0.2) is 34.2 Å². The van der Waals surface area contributed by atoms with E-state index >= 15 is 0 Å². The summed E-state index contributed by atoms with van der Waals surface area (Å²) in [6.07, 6.45) is 3.47. The normalized spacial score (nSPS) is 22.7. The van der Waals surface area contributed by atoms with Crippen LogP contribution in [0.5, 0.6) is 0 Å². The number of nitrogens with zero attached hydrogens (tertiary/aromatic N) is 2. The van der Waals surface area contributed by atoms with Gasteiger partial charge in [-0.15, -0.1) is 0 Å². The molecule has 0 aliphatic carbocycles. The second kappa shape index (κ2) is 5.07. The van der Waals surface area contributed by atoms with E-state index in [0.717, 1.165) is 25.9 Å². The fraction of sp³-hybridized carbons (Fsp3) is 0.700. The average molecular weight is 223 g/mol. The fourth-order valence-corrected chi connectivity index (χ4v) is 1.90. The number of aromatic amines is 1. The molecule has 0 radical (unpaired) electrons. The minimum absolute atomic E-state index is 0.0825. The van der Waals surface area contributed by atoms with Crippen molar-refractivity contribution in [1.29, 1.82) is 0 Å². The molecular weight excluding hydrogens is 206 g/mol. The third kappa shape index (κ3) is 2.57. The Morgan fingerprint density at radius 1 is 1.69 bits per heavy atom. The molecule has 1 aliphatic heterocycles. The van der Waals surface area contributed by atoms with Gasteiger partial charge in [-0.05, 0) is 26.3 Å². The third-order valence-electron chi connectivity index (χ3n) is 2.87. The second-order valence-corrected chi connectivity index (χ2v) is 4.14. The van der Waals surface area contributed by atoms with Gasteiger partial charge in [0.1, 0.15) is 12.2 Å². The van der Waals surface area contributed by atoms with E-state index in [0.29, 0.717) is 5.82 Å². The van der Waals surface area contributed by atoms with E-state index in [1.165, 1.54) is 6.33 Å². The van der Waals surface area contributed by atoms with Gasteiger partial charge in [0, 0.05) is 6.54 Å². The van der Waals surface area contributed by atoms with Gasteiger partial charge in [-0.25, -0.2) is 4.98 Å². The van der Waals surface area contributed by atoms with Crippen molar-refractivity contribution in [3.8, 4) is 0 Å². The maximum absolute atomic E-state index is 11.9. The van der Waals surface area contributed by atoms with E-state index in [4.69, 9.17) is 0 Å². The smallest absolute Gasteiger partial charge is 0.224 e. The first-order chi connectivity index (χ1) is 7.77. The molecule has 1 saturated heterocycles. The Bertz CT molecular complexity index is 331. The van der Waals surface area contributed by atoms with Crippen LogP contribution in [0.1, 0.15) is 31.6 Å². The highest BCUT2D eigenvalue weighted by Crippen LogP contribution is 2.12.